The SMILES string of the molecule is CCCCCn1cnc2sc(C(=O)Nc3cccc(C(=O)O)c3)c(C)c2c1=O. The van der Waals surface area contributed by atoms with Gasteiger partial charge in [-0.2, -0.15) is 0 Å². The first-order valence-corrected chi connectivity index (χ1v) is 9.87. The fraction of sp³-hybridized carbons (Fsp3) is 0.300. The van der Waals surface area contributed by atoms with Crippen LogP contribution in [0.15, 0.2) is 35.4 Å². The second kappa shape index (κ2) is 8.35. The van der Waals surface area contributed by atoms with Crippen molar-refractivity contribution in [3.05, 3.63) is 57.0 Å². The van der Waals surface area contributed by atoms with Crippen molar-refractivity contribution in [3.8, 4) is 0 Å². The number of aromatic carboxylic acids is 1. The van der Waals surface area contributed by atoms with Crippen molar-refractivity contribution in [1.29, 1.82) is 0 Å². The zero-order chi connectivity index (χ0) is 20.3. The molecular formula is C20H21N3O4S. The summed E-state index contributed by atoms with van der Waals surface area (Å²) in [5.41, 5.74) is 0.921. The maximum Gasteiger partial charge on any atom is 0.335 e. The molecule has 0 unspecified atom stereocenters. The number of unbranched alkanes of at least 4 members (excludes halogenated alkanes) is 2. The number of anilines is 1. The first-order chi connectivity index (χ1) is 13.4. The summed E-state index contributed by atoms with van der Waals surface area (Å²) >= 11 is 1.16. The molecule has 2 aromatic heterocycles. The van der Waals surface area contributed by atoms with Crippen LogP contribution in [0, 0.1) is 6.92 Å². The normalized spacial score (nSPS) is 10.9. The van der Waals surface area contributed by atoms with Crippen LogP contribution in [-0.2, 0) is 6.54 Å². The summed E-state index contributed by atoms with van der Waals surface area (Å²) in [4.78, 5) is 41.9. The first-order valence-electron chi connectivity index (χ1n) is 9.05. The molecule has 1 aromatic carbocycles. The molecule has 0 saturated heterocycles. The number of carboxylic acid groups (broad SMARTS) is 1. The second-order valence-electron chi connectivity index (χ2n) is 6.53. The summed E-state index contributed by atoms with van der Waals surface area (Å²) in [5, 5.41) is 12.2. The maximum atomic E-state index is 12.8. The highest BCUT2D eigenvalue weighted by atomic mass is 32.1. The van der Waals surface area contributed by atoms with E-state index in [-0.39, 0.29) is 17.0 Å². The molecule has 8 heteroatoms. The molecule has 28 heavy (non-hydrogen) atoms. The average Bonchev–Trinajstić information content (AvgIpc) is 3.01. The largest absolute Gasteiger partial charge is 0.478 e. The molecule has 3 rings (SSSR count). The minimum atomic E-state index is -1.07. The van der Waals surface area contributed by atoms with Crippen LogP contribution >= 0.6 is 11.3 Å². The smallest absolute Gasteiger partial charge is 0.335 e. The Morgan fingerprint density at radius 3 is 2.79 bits per heavy atom. The number of hydrogen-bond donors (Lipinski definition) is 2. The molecule has 2 N–H and O–H groups in total. The third-order valence-corrected chi connectivity index (χ3v) is 5.69. The third-order valence-electron chi connectivity index (χ3n) is 4.49. The Labute approximate surface area is 165 Å². The third kappa shape index (κ3) is 3.96. The van der Waals surface area contributed by atoms with E-state index in [1.165, 1.54) is 18.5 Å². The van der Waals surface area contributed by atoms with E-state index in [1.807, 2.05) is 0 Å². The number of thiophene rings is 1. The van der Waals surface area contributed by atoms with Crippen LogP contribution in [0.5, 0.6) is 0 Å². The molecule has 0 bridgehead atoms. The lowest BCUT2D eigenvalue weighted by Gasteiger charge is -2.05. The van der Waals surface area contributed by atoms with Crippen LogP contribution < -0.4 is 10.9 Å². The van der Waals surface area contributed by atoms with E-state index in [0.29, 0.717) is 32.9 Å². The van der Waals surface area contributed by atoms with Crippen molar-refractivity contribution in [2.75, 3.05) is 5.32 Å². The van der Waals surface area contributed by atoms with Gasteiger partial charge in [0, 0.05) is 12.2 Å². The second-order valence-corrected chi connectivity index (χ2v) is 7.53. The van der Waals surface area contributed by atoms with Crippen molar-refractivity contribution >= 4 is 39.1 Å². The quantitative estimate of drug-likeness (QED) is 0.587. The Hall–Kier alpha value is -3.00. The van der Waals surface area contributed by atoms with Gasteiger partial charge >= 0.3 is 5.97 Å². The van der Waals surface area contributed by atoms with Crippen LogP contribution in [0.25, 0.3) is 10.2 Å². The van der Waals surface area contributed by atoms with Gasteiger partial charge in [0.2, 0.25) is 0 Å². The number of carbonyl (C=O) groups excluding carboxylic acids is 1. The highest BCUT2D eigenvalue weighted by Gasteiger charge is 2.20. The summed E-state index contributed by atoms with van der Waals surface area (Å²) in [6.45, 7) is 4.44. The van der Waals surface area contributed by atoms with E-state index in [1.54, 1.807) is 23.6 Å². The molecule has 0 aliphatic rings. The van der Waals surface area contributed by atoms with Gasteiger partial charge in [-0.25, -0.2) is 9.78 Å². The van der Waals surface area contributed by atoms with E-state index in [2.05, 4.69) is 17.2 Å². The number of aryl methyl sites for hydroxylation is 2. The van der Waals surface area contributed by atoms with Crippen LogP contribution in [-0.4, -0.2) is 26.5 Å². The Balaban J connectivity index is 1.91. The monoisotopic (exact) mass is 399 g/mol. The molecule has 2 heterocycles. The van der Waals surface area contributed by atoms with Crippen LogP contribution in [0.2, 0.25) is 0 Å². The van der Waals surface area contributed by atoms with Gasteiger partial charge in [-0.05, 0) is 37.1 Å². The molecular weight excluding hydrogens is 378 g/mol. The van der Waals surface area contributed by atoms with Crippen LogP contribution in [0.3, 0.4) is 0 Å². The van der Waals surface area contributed by atoms with E-state index in [9.17, 15) is 14.4 Å². The Bertz CT molecular complexity index is 1100. The number of carboxylic acids is 1. The number of fused-ring (bicyclic) bond motifs is 1. The fourth-order valence-electron chi connectivity index (χ4n) is 2.99. The Morgan fingerprint density at radius 1 is 1.29 bits per heavy atom. The van der Waals surface area contributed by atoms with Crippen molar-refractivity contribution in [2.45, 2.75) is 39.7 Å². The summed E-state index contributed by atoms with van der Waals surface area (Å²) in [6, 6.07) is 6.02. The van der Waals surface area contributed by atoms with Gasteiger partial charge in [-0.3, -0.25) is 14.2 Å². The van der Waals surface area contributed by atoms with Crippen LogP contribution in [0.1, 0.15) is 51.8 Å². The molecule has 0 radical (unpaired) electrons. The van der Waals surface area contributed by atoms with Gasteiger partial charge in [0.15, 0.2) is 0 Å². The molecule has 0 saturated carbocycles. The zero-order valence-electron chi connectivity index (χ0n) is 15.7. The predicted octanol–water partition coefficient (Wildman–Crippen LogP) is 3.91. The summed E-state index contributed by atoms with van der Waals surface area (Å²) in [6.07, 6.45) is 4.54. The molecule has 0 fully saturated rings. The number of amides is 1. The molecule has 0 aliphatic carbocycles. The molecule has 0 atom stereocenters. The first kappa shape index (κ1) is 19.8. The molecule has 146 valence electrons. The van der Waals surface area contributed by atoms with Gasteiger partial charge in [0.25, 0.3) is 11.5 Å². The van der Waals surface area contributed by atoms with Crippen molar-refractivity contribution in [2.24, 2.45) is 0 Å². The molecule has 0 aliphatic heterocycles. The summed E-state index contributed by atoms with van der Waals surface area (Å²) < 4.78 is 1.59. The van der Waals surface area contributed by atoms with Crippen molar-refractivity contribution in [3.63, 3.8) is 0 Å². The minimum absolute atomic E-state index is 0.0856. The number of nitrogens with zero attached hydrogens (tertiary/aromatic N) is 2. The highest BCUT2D eigenvalue weighted by molar-refractivity contribution is 7.20. The highest BCUT2D eigenvalue weighted by Crippen LogP contribution is 2.27. The van der Waals surface area contributed by atoms with Crippen LogP contribution in [0.4, 0.5) is 5.69 Å². The maximum absolute atomic E-state index is 12.8. The topological polar surface area (TPSA) is 101 Å². The van der Waals surface area contributed by atoms with Gasteiger partial charge in [0.05, 0.1) is 22.2 Å². The van der Waals surface area contributed by atoms with Gasteiger partial charge in [-0.15, -0.1) is 11.3 Å². The fourth-order valence-corrected chi connectivity index (χ4v) is 4.02. The summed E-state index contributed by atoms with van der Waals surface area (Å²) in [5.74, 6) is -1.46. The molecule has 7 nitrogen and oxygen atoms in total. The number of aromatic nitrogens is 2. The van der Waals surface area contributed by atoms with Gasteiger partial charge in [0.1, 0.15) is 4.83 Å². The van der Waals surface area contributed by atoms with E-state index < -0.39 is 5.97 Å². The van der Waals surface area contributed by atoms with Gasteiger partial charge < -0.3 is 10.4 Å². The van der Waals surface area contributed by atoms with Crippen molar-refractivity contribution in [1.82, 2.24) is 9.55 Å². The lowest BCUT2D eigenvalue weighted by atomic mass is 10.2. The van der Waals surface area contributed by atoms with E-state index in [0.717, 1.165) is 30.6 Å². The van der Waals surface area contributed by atoms with Crippen molar-refractivity contribution < 1.29 is 14.7 Å². The number of benzene rings is 1. The molecule has 0 spiro atoms. The lowest BCUT2D eigenvalue weighted by molar-refractivity contribution is 0.0696. The predicted molar refractivity (Wildman–Crippen MR) is 109 cm³/mol. The number of rotatable bonds is 7. The van der Waals surface area contributed by atoms with Gasteiger partial charge in [-0.1, -0.05) is 25.8 Å². The number of carbonyl (C=O) groups is 2. The Kier molecular flexibility index (Phi) is 5.89. The van der Waals surface area contributed by atoms with E-state index >= 15 is 0 Å². The minimum Gasteiger partial charge on any atom is -0.478 e. The summed E-state index contributed by atoms with van der Waals surface area (Å²) in [7, 11) is 0. The number of hydrogen-bond acceptors (Lipinski definition) is 5. The average molecular weight is 399 g/mol. The number of nitrogens with one attached hydrogen (secondary N) is 1. The lowest BCUT2D eigenvalue weighted by Crippen LogP contribution is -2.20. The molecule has 3 aromatic rings. The zero-order valence-corrected chi connectivity index (χ0v) is 16.5. The Morgan fingerprint density at radius 2 is 2.07 bits per heavy atom. The van der Waals surface area contributed by atoms with E-state index in [4.69, 9.17) is 5.11 Å². The standard InChI is InChI=1S/C20H21N3O4S/c1-3-4-5-9-23-11-21-18-15(19(23)25)12(2)16(28-18)17(24)22-14-8-6-7-13(10-14)20(26)27/h6-8,10-11H,3-5,9H2,1-2H3,(H,22,24)(H,26,27). The molecule has 1 amide bonds.